The zero-order valence-corrected chi connectivity index (χ0v) is 13.7. The maximum atomic E-state index is 11.4. The van der Waals surface area contributed by atoms with Gasteiger partial charge >= 0.3 is 6.09 Å². The summed E-state index contributed by atoms with van der Waals surface area (Å²) in [7, 11) is 3.14. The van der Waals surface area contributed by atoms with Crippen molar-refractivity contribution in [2.24, 2.45) is 4.99 Å². The Hall–Kier alpha value is -1.03. The lowest BCUT2D eigenvalue weighted by Gasteiger charge is -2.38. The monoisotopic (exact) mass is 333 g/mol. The van der Waals surface area contributed by atoms with Gasteiger partial charge in [0.2, 0.25) is 0 Å². The largest absolute Gasteiger partial charge is 0.447 e. The highest BCUT2D eigenvalue weighted by Gasteiger charge is 2.49. The molecule has 2 saturated heterocycles. The molecule has 2 heterocycles. The summed E-state index contributed by atoms with van der Waals surface area (Å²) < 4.78 is 10.8. The highest BCUT2D eigenvalue weighted by Crippen LogP contribution is 2.34. The molecule has 0 aromatic heterocycles. The van der Waals surface area contributed by atoms with Gasteiger partial charge in [-0.3, -0.25) is 4.99 Å². The number of amidine groups is 1. The van der Waals surface area contributed by atoms with Crippen molar-refractivity contribution in [3.63, 3.8) is 0 Å². The number of nitrogens with zero attached hydrogens (tertiary/aromatic N) is 2. The third kappa shape index (κ3) is 3.83. The van der Waals surface area contributed by atoms with Gasteiger partial charge in [0.25, 0.3) is 0 Å². The van der Waals surface area contributed by atoms with Crippen molar-refractivity contribution >= 4 is 23.0 Å². The van der Waals surface area contributed by atoms with Crippen LogP contribution in [0.3, 0.4) is 0 Å². The molecule has 8 nitrogen and oxygen atoms in total. The molecular formula is C13H23N3O5S. The molecule has 2 rings (SSSR count). The molecule has 0 bridgehead atoms. The molecule has 0 saturated carbocycles. The van der Waals surface area contributed by atoms with Gasteiger partial charge < -0.3 is 29.9 Å². The van der Waals surface area contributed by atoms with E-state index in [1.807, 2.05) is 6.92 Å². The number of aliphatic hydroxyl groups excluding tert-OH is 2. The van der Waals surface area contributed by atoms with Crippen molar-refractivity contribution in [1.29, 1.82) is 0 Å². The van der Waals surface area contributed by atoms with Crippen LogP contribution in [0.4, 0.5) is 4.79 Å². The summed E-state index contributed by atoms with van der Waals surface area (Å²) in [6.45, 7) is 2.61. The van der Waals surface area contributed by atoms with Gasteiger partial charge in [-0.1, -0.05) is 18.7 Å². The molecule has 0 aromatic carbocycles. The number of carbonyl (C=O) groups excluding carboxylic acids is 1. The Bertz CT molecular complexity index is 434. The molecule has 5 atom stereocenters. The van der Waals surface area contributed by atoms with Crippen molar-refractivity contribution in [2.75, 3.05) is 27.2 Å². The Morgan fingerprint density at radius 3 is 2.82 bits per heavy atom. The summed E-state index contributed by atoms with van der Waals surface area (Å²) in [5.41, 5.74) is -0.364. The smallest absolute Gasteiger partial charge is 0.409 e. The standard InChI is InChI=1S/C13H23N3O5S/c1-4-5-14-12-15-8-10(18)9(17)7(21-11(8)22-12)6-20-13(19)16(2)3/h7-11,17-18H,4-6H2,1-3H3,(H,14,15)/t7-,8-,9-,10-,11-/m1/s1. The van der Waals surface area contributed by atoms with Crippen LogP contribution in [0.2, 0.25) is 0 Å². The van der Waals surface area contributed by atoms with E-state index < -0.39 is 30.4 Å². The molecule has 0 radical (unpaired) electrons. The summed E-state index contributed by atoms with van der Waals surface area (Å²) in [6, 6.07) is -0.420. The number of fused-ring (bicyclic) bond motifs is 1. The first-order chi connectivity index (χ1) is 10.4. The Balaban J connectivity index is 1.95. The SMILES string of the molecule is CCCN=C1N[C@@H]2[C@@H](O)[C@H](O)[C@@H](COC(=O)N(C)C)O[C@@H]2S1. The number of hydrogen-bond acceptors (Lipinski definition) is 7. The lowest BCUT2D eigenvalue weighted by Crippen LogP contribution is -2.60. The molecule has 1 amide bonds. The van der Waals surface area contributed by atoms with Gasteiger partial charge in [0.15, 0.2) is 5.17 Å². The van der Waals surface area contributed by atoms with Crippen molar-refractivity contribution in [3.05, 3.63) is 0 Å². The minimum absolute atomic E-state index is 0.111. The zero-order chi connectivity index (χ0) is 16.3. The first kappa shape index (κ1) is 17.3. The van der Waals surface area contributed by atoms with E-state index in [1.54, 1.807) is 14.1 Å². The minimum Gasteiger partial charge on any atom is -0.447 e. The van der Waals surface area contributed by atoms with Crippen molar-refractivity contribution < 1.29 is 24.5 Å². The van der Waals surface area contributed by atoms with Crippen LogP contribution in [0.25, 0.3) is 0 Å². The third-order valence-electron chi connectivity index (χ3n) is 3.43. The van der Waals surface area contributed by atoms with Gasteiger partial charge in [-0.2, -0.15) is 0 Å². The highest BCUT2D eigenvalue weighted by molar-refractivity contribution is 8.14. The number of ether oxygens (including phenoxy) is 2. The van der Waals surface area contributed by atoms with Crippen LogP contribution in [-0.4, -0.2) is 83.4 Å². The predicted octanol–water partition coefficient (Wildman–Crippen LogP) is -0.398. The Morgan fingerprint density at radius 1 is 1.45 bits per heavy atom. The van der Waals surface area contributed by atoms with E-state index in [4.69, 9.17) is 9.47 Å². The number of thioether (sulfide) groups is 1. The van der Waals surface area contributed by atoms with Gasteiger partial charge in [-0.25, -0.2) is 4.79 Å². The van der Waals surface area contributed by atoms with E-state index in [0.717, 1.165) is 6.42 Å². The fourth-order valence-corrected chi connectivity index (χ4v) is 3.35. The van der Waals surface area contributed by atoms with E-state index in [-0.39, 0.29) is 12.0 Å². The Labute approximate surface area is 133 Å². The summed E-state index contributed by atoms with van der Waals surface area (Å²) in [5.74, 6) is 0. The average Bonchev–Trinajstić information content (AvgIpc) is 2.90. The first-order valence-electron chi connectivity index (χ1n) is 7.27. The number of carbonyl (C=O) groups is 1. The molecule has 126 valence electrons. The highest BCUT2D eigenvalue weighted by atomic mass is 32.2. The normalized spacial score (nSPS) is 35.9. The average molecular weight is 333 g/mol. The molecule has 22 heavy (non-hydrogen) atoms. The fourth-order valence-electron chi connectivity index (χ4n) is 2.19. The molecule has 0 aromatic rings. The first-order valence-corrected chi connectivity index (χ1v) is 8.15. The second-order valence-electron chi connectivity index (χ2n) is 5.47. The summed E-state index contributed by atoms with van der Waals surface area (Å²) >= 11 is 1.38. The van der Waals surface area contributed by atoms with Crippen molar-refractivity contribution in [2.45, 2.75) is 43.1 Å². The second kappa shape index (κ2) is 7.49. The van der Waals surface area contributed by atoms with Crippen molar-refractivity contribution in [1.82, 2.24) is 10.2 Å². The molecule has 3 N–H and O–H groups in total. The van der Waals surface area contributed by atoms with E-state index in [1.165, 1.54) is 16.7 Å². The number of nitrogens with one attached hydrogen (secondary N) is 1. The molecule has 0 unspecified atom stereocenters. The van der Waals surface area contributed by atoms with Gasteiger partial charge in [-0.15, -0.1) is 0 Å². The van der Waals surface area contributed by atoms with Crippen LogP contribution in [0.5, 0.6) is 0 Å². The fraction of sp³-hybridized carbons (Fsp3) is 0.846. The molecule has 2 fully saturated rings. The van der Waals surface area contributed by atoms with Crippen LogP contribution in [0.15, 0.2) is 4.99 Å². The molecule has 0 aliphatic carbocycles. The predicted molar refractivity (Wildman–Crippen MR) is 82.8 cm³/mol. The van der Waals surface area contributed by atoms with Gasteiger partial charge in [-0.05, 0) is 6.42 Å². The molecule has 2 aliphatic heterocycles. The number of aliphatic imine (C=N–C) groups is 1. The van der Waals surface area contributed by atoms with E-state index in [0.29, 0.717) is 11.7 Å². The molecule has 2 aliphatic rings. The number of rotatable bonds is 4. The number of hydrogen-bond donors (Lipinski definition) is 3. The van der Waals surface area contributed by atoms with Crippen LogP contribution < -0.4 is 5.32 Å². The Kier molecular flexibility index (Phi) is 5.90. The van der Waals surface area contributed by atoms with E-state index in [9.17, 15) is 15.0 Å². The third-order valence-corrected chi connectivity index (χ3v) is 4.54. The lowest BCUT2D eigenvalue weighted by atomic mass is 9.98. The topological polar surface area (TPSA) is 104 Å². The minimum atomic E-state index is -1.13. The van der Waals surface area contributed by atoms with E-state index >= 15 is 0 Å². The summed E-state index contributed by atoms with van der Waals surface area (Å²) in [5, 5.41) is 24.1. The number of amides is 1. The van der Waals surface area contributed by atoms with Crippen molar-refractivity contribution in [3.8, 4) is 0 Å². The van der Waals surface area contributed by atoms with Crippen LogP contribution in [0.1, 0.15) is 13.3 Å². The van der Waals surface area contributed by atoms with Crippen LogP contribution in [0, 0.1) is 0 Å². The summed E-state index contributed by atoms with van der Waals surface area (Å²) in [6.07, 6.45) is -2.50. The lowest BCUT2D eigenvalue weighted by molar-refractivity contribution is -0.168. The Morgan fingerprint density at radius 2 is 2.18 bits per heavy atom. The van der Waals surface area contributed by atoms with Gasteiger partial charge in [0.05, 0.1) is 6.04 Å². The van der Waals surface area contributed by atoms with Gasteiger partial charge in [0.1, 0.15) is 30.4 Å². The molecule has 9 heteroatoms. The van der Waals surface area contributed by atoms with Crippen LogP contribution in [-0.2, 0) is 9.47 Å². The molecule has 0 spiro atoms. The van der Waals surface area contributed by atoms with Gasteiger partial charge in [0, 0.05) is 20.6 Å². The quantitative estimate of drug-likeness (QED) is 0.643. The summed E-state index contributed by atoms with van der Waals surface area (Å²) in [4.78, 5) is 17.1. The zero-order valence-electron chi connectivity index (χ0n) is 12.9. The van der Waals surface area contributed by atoms with Crippen LogP contribution >= 0.6 is 11.8 Å². The molecular weight excluding hydrogens is 310 g/mol. The maximum absolute atomic E-state index is 11.4. The van der Waals surface area contributed by atoms with E-state index in [2.05, 4.69) is 10.3 Å². The second-order valence-corrected chi connectivity index (χ2v) is 6.56. The number of aliphatic hydroxyl groups is 2. The maximum Gasteiger partial charge on any atom is 0.409 e.